The van der Waals surface area contributed by atoms with Crippen LogP contribution in [-0.4, -0.2) is 35.1 Å². The second-order valence-electron chi connectivity index (χ2n) is 7.28. The molecule has 6 nitrogen and oxygen atoms in total. The number of aliphatic hydroxyl groups is 1. The number of carbonyl (C=O) groups excluding carboxylic acids is 1. The van der Waals surface area contributed by atoms with Crippen LogP contribution in [0.4, 0.5) is 13.2 Å². The summed E-state index contributed by atoms with van der Waals surface area (Å²) in [5.41, 5.74) is -1.44. The number of hydrogen-bond donors (Lipinski definition) is 1. The predicted molar refractivity (Wildman–Crippen MR) is 100 cm³/mol. The van der Waals surface area contributed by atoms with E-state index >= 15 is 0 Å². The zero-order chi connectivity index (χ0) is 21.6. The molecular weight excluding hydrogens is 401 g/mol. The molecule has 0 radical (unpaired) electrons. The Morgan fingerprint density at radius 3 is 2.73 bits per heavy atom. The molecule has 2 unspecified atom stereocenters. The Bertz CT molecular complexity index is 1060. The zero-order valence-corrected chi connectivity index (χ0v) is 16.3. The summed E-state index contributed by atoms with van der Waals surface area (Å²) in [7, 11) is 0. The molecule has 2 aromatic carbocycles. The van der Waals surface area contributed by atoms with Crippen LogP contribution in [0, 0.1) is 30.3 Å². The summed E-state index contributed by atoms with van der Waals surface area (Å²) in [6, 6.07) is 5.44. The highest BCUT2D eigenvalue weighted by Gasteiger charge is 2.58. The summed E-state index contributed by atoms with van der Waals surface area (Å²) in [4.78, 5) is 12.5. The van der Waals surface area contributed by atoms with E-state index in [-0.39, 0.29) is 42.4 Å². The third kappa shape index (κ3) is 3.00. The lowest BCUT2D eigenvalue weighted by molar-refractivity contribution is -0.170. The fraction of sp³-hybridized carbons (Fsp3) is 0.333. The number of hydrogen-bond acceptors (Lipinski definition) is 5. The first-order valence-corrected chi connectivity index (χ1v) is 9.36. The summed E-state index contributed by atoms with van der Waals surface area (Å²) in [5, 5.41) is 14.7. The number of amides is 1. The Morgan fingerprint density at radius 1 is 1.27 bits per heavy atom. The summed E-state index contributed by atoms with van der Waals surface area (Å²) in [5.74, 6) is -3.31. The molecule has 158 valence electrons. The fourth-order valence-corrected chi connectivity index (χ4v) is 3.89. The number of hydrazone groups is 1. The smallest absolute Gasteiger partial charge is 0.244 e. The topological polar surface area (TPSA) is 71.4 Å². The van der Waals surface area contributed by atoms with Gasteiger partial charge in [-0.15, -0.1) is 5.10 Å². The van der Waals surface area contributed by atoms with E-state index < -0.39 is 35.0 Å². The van der Waals surface area contributed by atoms with E-state index in [9.17, 15) is 23.1 Å². The number of benzene rings is 2. The first-order chi connectivity index (χ1) is 14.3. The van der Waals surface area contributed by atoms with Crippen LogP contribution in [0.1, 0.15) is 30.0 Å². The molecule has 2 heterocycles. The molecule has 1 amide bonds. The highest BCUT2D eigenvalue weighted by atomic mass is 19.1. The van der Waals surface area contributed by atoms with Gasteiger partial charge in [0.25, 0.3) is 0 Å². The largest absolute Gasteiger partial charge is 0.493 e. The maximum absolute atomic E-state index is 14.5. The highest BCUT2D eigenvalue weighted by Crippen LogP contribution is 2.50. The number of nitrogens with zero attached hydrogens (tertiary/aromatic N) is 2. The Hall–Kier alpha value is -3.07. The van der Waals surface area contributed by atoms with Crippen molar-refractivity contribution < 1.29 is 32.5 Å². The van der Waals surface area contributed by atoms with Gasteiger partial charge in [0.2, 0.25) is 17.5 Å². The van der Waals surface area contributed by atoms with Gasteiger partial charge in [0.1, 0.15) is 23.2 Å². The van der Waals surface area contributed by atoms with Gasteiger partial charge in [0.15, 0.2) is 0 Å². The minimum absolute atomic E-state index is 0.0385. The predicted octanol–water partition coefficient (Wildman–Crippen LogP) is 3.20. The van der Waals surface area contributed by atoms with Gasteiger partial charge in [-0.3, -0.25) is 4.79 Å². The van der Waals surface area contributed by atoms with Crippen LogP contribution >= 0.6 is 0 Å². The van der Waals surface area contributed by atoms with E-state index in [0.29, 0.717) is 5.56 Å². The van der Waals surface area contributed by atoms with Crippen LogP contribution < -0.4 is 4.74 Å². The average Bonchev–Trinajstić information content (AvgIpc) is 3.09. The molecule has 4 rings (SSSR count). The second-order valence-corrected chi connectivity index (χ2v) is 7.28. The highest BCUT2D eigenvalue weighted by molar-refractivity contribution is 5.97. The van der Waals surface area contributed by atoms with Crippen LogP contribution in [0.15, 0.2) is 35.4 Å². The van der Waals surface area contributed by atoms with Gasteiger partial charge in [-0.05, 0) is 49.2 Å². The molecule has 1 spiro atoms. The third-order valence-corrected chi connectivity index (χ3v) is 5.33. The average molecular weight is 420 g/mol. The quantitative estimate of drug-likeness (QED) is 0.828. The van der Waals surface area contributed by atoms with E-state index in [2.05, 4.69) is 5.10 Å². The minimum atomic E-state index is -1.68. The molecule has 30 heavy (non-hydrogen) atoms. The van der Waals surface area contributed by atoms with E-state index in [1.165, 1.54) is 19.1 Å². The Morgan fingerprint density at radius 2 is 2.03 bits per heavy atom. The SMILES string of the molecule is CC(=O)N1N=C(c2cc(F)ccc2F)OC12c1cc(F)c(C)cc1OCC2CCO. The van der Waals surface area contributed by atoms with Crippen molar-refractivity contribution in [2.24, 2.45) is 11.0 Å². The van der Waals surface area contributed by atoms with Gasteiger partial charge in [-0.1, -0.05) is 0 Å². The van der Waals surface area contributed by atoms with Gasteiger partial charge < -0.3 is 14.6 Å². The van der Waals surface area contributed by atoms with Crippen LogP contribution in [0.3, 0.4) is 0 Å². The van der Waals surface area contributed by atoms with Gasteiger partial charge in [-0.2, -0.15) is 5.01 Å². The van der Waals surface area contributed by atoms with Gasteiger partial charge >= 0.3 is 0 Å². The number of ether oxygens (including phenoxy) is 2. The van der Waals surface area contributed by atoms with Crippen molar-refractivity contribution in [1.29, 1.82) is 0 Å². The molecule has 0 saturated heterocycles. The number of fused-ring (bicyclic) bond motifs is 2. The number of aryl methyl sites for hydroxylation is 1. The molecule has 0 bridgehead atoms. The maximum atomic E-state index is 14.5. The number of carbonyl (C=O) groups is 1. The standard InChI is InChI=1S/C21H19F3N2O4/c1-11-7-19-16(9-18(11)24)21(13(5-6-27)10-29-19)26(12(2)28)25-20(30-21)15-8-14(22)3-4-17(15)23/h3-4,7-9,13,27H,5-6,10H2,1-2H3. The Kier molecular flexibility index (Phi) is 4.93. The molecule has 0 aromatic heterocycles. The van der Waals surface area contributed by atoms with Crippen molar-refractivity contribution in [2.45, 2.75) is 26.0 Å². The second kappa shape index (κ2) is 7.32. The van der Waals surface area contributed by atoms with E-state index in [4.69, 9.17) is 9.47 Å². The molecule has 9 heteroatoms. The summed E-state index contributed by atoms with van der Waals surface area (Å²) >= 11 is 0. The lowest BCUT2D eigenvalue weighted by Crippen LogP contribution is -2.54. The van der Waals surface area contributed by atoms with Crippen LogP contribution in [0.5, 0.6) is 5.75 Å². The third-order valence-electron chi connectivity index (χ3n) is 5.33. The summed E-state index contributed by atoms with van der Waals surface area (Å²) in [6.07, 6.45) is 0.132. The minimum Gasteiger partial charge on any atom is -0.493 e. The normalized spacial score (nSPS) is 22.4. The number of rotatable bonds is 3. The van der Waals surface area contributed by atoms with E-state index in [1.807, 2.05) is 0 Å². The monoisotopic (exact) mass is 420 g/mol. The van der Waals surface area contributed by atoms with E-state index in [0.717, 1.165) is 23.2 Å². The summed E-state index contributed by atoms with van der Waals surface area (Å²) in [6.45, 7) is 2.57. The maximum Gasteiger partial charge on any atom is 0.244 e. The van der Waals surface area contributed by atoms with Gasteiger partial charge in [-0.25, -0.2) is 13.2 Å². The zero-order valence-electron chi connectivity index (χ0n) is 16.3. The van der Waals surface area contributed by atoms with Crippen LogP contribution in [0.2, 0.25) is 0 Å². The van der Waals surface area contributed by atoms with Crippen molar-refractivity contribution in [3.63, 3.8) is 0 Å². The molecule has 2 aliphatic heterocycles. The molecule has 1 N–H and O–H groups in total. The number of halogens is 3. The van der Waals surface area contributed by atoms with Crippen molar-refractivity contribution in [3.8, 4) is 5.75 Å². The van der Waals surface area contributed by atoms with E-state index in [1.54, 1.807) is 6.92 Å². The van der Waals surface area contributed by atoms with Crippen LogP contribution in [-0.2, 0) is 15.3 Å². The first kappa shape index (κ1) is 20.2. The molecule has 2 aliphatic rings. The van der Waals surface area contributed by atoms with Crippen molar-refractivity contribution in [1.82, 2.24) is 5.01 Å². The molecule has 0 fully saturated rings. The van der Waals surface area contributed by atoms with Crippen molar-refractivity contribution in [3.05, 3.63) is 64.5 Å². The lowest BCUT2D eigenvalue weighted by atomic mass is 9.83. The first-order valence-electron chi connectivity index (χ1n) is 9.36. The van der Waals surface area contributed by atoms with Gasteiger partial charge in [0, 0.05) is 13.5 Å². The summed E-state index contributed by atoms with van der Waals surface area (Å²) < 4.78 is 54.5. The molecule has 0 saturated carbocycles. The molecule has 2 aromatic rings. The molecular formula is C21H19F3N2O4. The van der Waals surface area contributed by atoms with Gasteiger partial charge in [0.05, 0.1) is 23.7 Å². The lowest BCUT2D eigenvalue weighted by Gasteiger charge is -2.44. The molecule has 2 atom stereocenters. The van der Waals surface area contributed by atoms with Crippen LogP contribution in [0.25, 0.3) is 0 Å². The Balaban J connectivity index is 1.93. The fourth-order valence-electron chi connectivity index (χ4n) is 3.89. The van der Waals surface area contributed by atoms with Crippen molar-refractivity contribution in [2.75, 3.05) is 13.2 Å². The number of aliphatic hydroxyl groups excluding tert-OH is 1. The molecule has 0 aliphatic carbocycles. The van der Waals surface area contributed by atoms with Crippen molar-refractivity contribution >= 4 is 11.8 Å². The Labute approximate surface area is 170 Å².